The van der Waals surface area contributed by atoms with Gasteiger partial charge in [-0.25, -0.2) is 4.98 Å². The number of aromatic amines is 1. The normalized spacial score (nSPS) is 11.3. The van der Waals surface area contributed by atoms with Crippen molar-refractivity contribution in [2.24, 2.45) is 0 Å². The van der Waals surface area contributed by atoms with Crippen LogP contribution in [-0.4, -0.2) is 26.7 Å². The summed E-state index contributed by atoms with van der Waals surface area (Å²) >= 11 is 0. The van der Waals surface area contributed by atoms with Crippen LogP contribution in [0.25, 0.3) is 21.9 Å². The Balaban J connectivity index is 2.43. The van der Waals surface area contributed by atoms with Gasteiger partial charge >= 0.3 is 0 Å². The Bertz CT molecular complexity index is 645. The molecule has 0 unspecified atom stereocenters. The van der Waals surface area contributed by atoms with Crippen LogP contribution in [0.1, 0.15) is 5.69 Å². The first-order chi connectivity index (χ1) is 7.90. The third-order valence-corrected chi connectivity index (χ3v) is 2.69. The van der Waals surface area contributed by atoms with Gasteiger partial charge in [0.2, 0.25) is 0 Å². The molecule has 0 saturated carbocycles. The molecule has 2 heterocycles. The number of aliphatic hydroxyl groups is 1. The predicted molar refractivity (Wildman–Crippen MR) is 62.2 cm³/mol. The summed E-state index contributed by atoms with van der Waals surface area (Å²) < 4.78 is 0. The van der Waals surface area contributed by atoms with Gasteiger partial charge in [-0.15, -0.1) is 0 Å². The number of fused-ring (bicyclic) bond motifs is 3. The van der Waals surface area contributed by atoms with E-state index in [1.807, 2.05) is 24.3 Å². The molecule has 80 valence electrons. The molecule has 0 bridgehead atoms. The van der Waals surface area contributed by atoms with Gasteiger partial charge in [0, 0.05) is 18.4 Å². The van der Waals surface area contributed by atoms with Gasteiger partial charge in [-0.05, 0) is 6.07 Å². The van der Waals surface area contributed by atoms with Gasteiger partial charge in [-0.3, -0.25) is 4.98 Å². The molecule has 0 amide bonds. The number of hydrogen-bond acceptors (Lipinski definition) is 3. The molecule has 16 heavy (non-hydrogen) atoms. The number of nitrogens with zero attached hydrogens (tertiary/aromatic N) is 2. The Morgan fingerprint density at radius 1 is 1.25 bits per heavy atom. The Morgan fingerprint density at radius 3 is 3.00 bits per heavy atom. The maximum atomic E-state index is 9.01. The zero-order chi connectivity index (χ0) is 11.0. The van der Waals surface area contributed by atoms with E-state index in [1.165, 1.54) is 0 Å². The molecule has 0 radical (unpaired) electrons. The van der Waals surface area contributed by atoms with Crippen LogP contribution in [0, 0.1) is 0 Å². The summed E-state index contributed by atoms with van der Waals surface area (Å²) in [5.41, 5.74) is 3.63. The molecule has 0 saturated heterocycles. The molecule has 0 atom stereocenters. The number of benzene rings is 1. The highest BCUT2D eigenvalue weighted by Crippen LogP contribution is 2.23. The van der Waals surface area contributed by atoms with E-state index in [9.17, 15) is 0 Å². The molecule has 3 rings (SSSR count). The molecule has 2 aromatic heterocycles. The first kappa shape index (κ1) is 9.30. The highest BCUT2D eigenvalue weighted by atomic mass is 16.3. The minimum Gasteiger partial charge on any atom is -0.396 e. The van der Waals surface area contributed by atoms with Crippen LogP contribution in [0.2, 0.25) is 0 Å². The lowest BCUT2D eigenvalue weighted by atomic mass is 10.1. The van der Waals surface area contributed by atoms with Gasteiger partial charge in [-0.1, -0.05) is 18.2 Å². The summed E-state index contributed by atoms with van der Waals surface area (Å²) in [7, 11) is 0. The molecule has 0 aliphatic heterocycles. The average molecular weight is 213 g/mol. The first-order valence-electron chi connectivity index (χ1n) is 5.21. The van der Waals surface area contributed by atoms with Crippen molar-refractivity contribution in [1.29, 1.82) is 0 Å². The van der Waals surface area contributed by atoms with Gasteiger partial charge in [0.05, 0.1) is 23.1 Å². The van der Waals surface area contributed by atoms with E-state index < -0.39 is 0 Å². The van der Waals surface area contributed by atoms with E-state index in [-0.39, 0.29) is 6.61 Å². The molecule has 0 aliphatic carbocycles. The molecule has 0 spiro atoms. The molecule has 4 heteroatoms. The van der Waals surface area contributed by atoms with Crippen LogP contribution in [0.15, 0.2) is 30.6 Å². The van der Waals surface area contributed by atoms with Gasteiger partial charge in [0.15, 0.2) is 0 Å². The highest BCUT2D eigenvalue weighted by molar-refractivity contribution is 6.02. The van der Waals surface area contributed by atoms with Crippen molar-refractivity contribution in [1.82, 2.24) is 15.0 Å². The highest BCUT2D eigenvalue weighted by Gasteiger charge is 2.09. The van der Waals surface area contributed by atoms with Crippen LogP contribution < -0.4 is 0 Å². The van der Waals surface area contributed by atoms with Crippen LogP contribution in [0.3, 0.4) is 0 Å². The van der Waals surface area contributed by atoms with Gasteiger partial charge in [0.1, 0.15) is 5.52 Å². The molecule has 4 nitrogen and oxygen atoms in total. The molecule has 0 aliphatic rings. The lowest BCUT2D eigenvalue weighted by molar-refractivity contribution is 0.299. The second-order valence-corrected chi connectivity index (χ2v) is 3.68. The molecule has 1 aromatic carbocycles. The maximum absolute atomic E-state index is 9.01. The smallest absolute Gasteiger partial charge is 0.110 e. The van der Waals surface area contributed by atoms with Crippen LogP contribution in [-0.2, 0) is 6.42 Å². The predicted octanol–water partition coefficient (Wildman–Crippen LogP) is 1.65. The first-order valence-corrected chi connectivity index (χ1v) is 5.21. The monoisotopic (exact) mass is 213 g/mol. The largest absolute Gasteiger partial charge is 0.396 e. The van der Waals surface area contributed by atoms with Crippen molar-refractivity contribution in [3.63, 3.8) is 0 Å². The zero-order valence-electron chi connectivity index (χ0n) is 8.64. The van der Waals surface area contributed by atoms with Crippen molar-refractivity contribution in [2.75, 3.05) is 6.61 Å². The number of rotatable bonds is 2. The van der Waals surface area contributed by atoms with Gasteiger partial charge in [0.25, 0.3) is 0 Å². The molecular formula is C12H11N3O. The number of pyridine rings is 1. The van der Waals surface area contributed by atoms with Crippen LogP contribution in [0.5, 0.6) is 0 Å². The third kappa shape index (κ3) is 1.27. The minimum absolute atomic E-state index is 0.0906. The average Bonchev–Trinajstić information content (AvgIpc) is 2.79. The second kappa shape index (κ2) is 3.57. The molecule has 0 fully saturated rings. The Labute approximate surface area is 92.0 Å². The van der Waals surface area contributed by atoms with E-state index in [4.69, 9.17) is 5.11 Å². The van der Waals surface area contributed by atoms with Gasteiger partial charge in [-0.2, -0.15) is 0 Å². The summed E-state index contributed by atoms with van der Waals surface area (Å²) in [5.74, 6) is 0. The fraction of sp³-hybridized carbons (Fsp3) is 0.167. The molecular weight excluding hydrogens is 202 g/mol. The van der Waals surface area contributed by atoms with Crippen molar-refractivity contribution >= 4 is 21.9 Å². The summed E-state index contributed by atoms with van der Waals surface area (Å²) in [6.07, 6.45) is 2.20. The van der Waals surface area contributed by atoms with Crippen LogP contribution >= 0.6 is 0 Å². The van der Waals surface area contributed by atoms with E-state index in [2.05, 4.69) is 15.0 Å². The van der Waals surface area contributed by atoms with Crippen LogP contribution in [0.4, 0.5) is 0 Å². The Kier molecular flexibility index (Phi) is 2.08. The summed E-state index contributed by atoms with van der Waals surface area (Å²) in [4.78, 5) is 11.9. The number of aromatic nitrogens is 3. The summed E-state index contributed by atoms with van der Waals surface area (Å²) in [6, 6.07) is 7.93. The number of imidazole rings is 1. The number of hydrogen-bond donors (Lipinski definition) is 2. The van der Waals surface area contributed by atoms with E-state index in [0.717, 1.165) is 27.6 Å². The van der Waals surface area contributed by atoms with Crippen molar-refractivity contribution in [3.8, 4) is 0 Å². The summed E-state index contributed by atoms with van der Waals surface area (Å²) in [5, 5.41) is 10.1. The van der Waals surface area contributed by atoms with Crippen molar-refractivity contribution in [3.05, 3.63) is 36.3 Å². The Hall–Kier alpha value is -1.94. The zero-order valence-corrected chi connectivity index (χ0v) is 8.64. The van der Waals surface area contributed by atoms with E-state index in [1.54, 1.807) is 6.33 Å². The van der Waals surface area contributed by atoms with E-state index >= 15 is 0 Å². The minimum atomic E-state index is 0.0906. The maximum Gasteiger partial charge on any atom is 0.110 e. The topological polar surface area (TPSA) is 61.8 Å². The fourth-order valence-corrected chi connectivity index (χ4v) is 1.98. The second-order valence-electron chi connectivity index (χ2n) is 3.68. The van der Waals surface area contributed by atoms with E-state index in [0.29, 0.717) is 6.42 Å². The fourth-order valence-electron chi connectivity index (χ4n) is 1.98. The van der Waals surface area contributed by atoms with Gasteiger partial charge < -0.3 is 10.1 Å². The molecule has 2 N–H and O–H groups in total. The Morgan fingerprint density at radius 2 is 2.12 bits per heavy atom. The molecule has 3 aromatic rings. The lowest BCUT2D eigenvalue weighted by Gasteiger charge is -2.03. The third-order valence-electron chi connectivity index (χ3n) is 2.69. The number of H-pyrrole nitrogens is 1. The SMILES string of the molecule is OCCc1nc2ccccc2c2[nH]cnc12. The lowest BCUT2D eigenvalue weighted by Crippen LogP contribution is -1.97. The van der Waals surface area contributed by atoms with Crippen molar-refractivity contribution in [2.45, 2.75) is 6.42 Å². The quantitative estimate of drug-likeness (QED) is 0.680. The number of nitrogens with one attached hydrogen (secondary N) is 1. The number of para-hydroxylation sites is 1. The summed E-state index contributed by atoms with van der Waals surface area (Å²) in [6.45, 7) is 0.0906. The number of aliphatic hydroxyl groups excluding tert-OH is 1. The standard InChI is InChI=1S/C12H11N3O/c16-6-5-10-12-11(13-7-14-12)8-3-1-2-4-9(8)15-10/h1-4,7,16H,5-6H2,(H,13,14). The van der Waals surface area contributed by atoms with Crippen molar-refractivity contribution < 1.29 is 5.11 Å².